The van der Waals surface area contributed by atoms with Crippen molar-refractivity contribution in [1.82, 2.24) is 5.32 Å². The van der Waals surface area contributed by atoms with E-state index in [9.17, 15) is 4.79 Å². The van der Waals surface area contributed by atoms with Crippen LogP contribution in [0.15, 0.2) is 0 Å². The van der Waals surface area contributed by atoms with E-state index in [0.717, 1.165) is 19.3 Å². The quantitative estimate of drug-likeness (QED) is 0.675. The zero-order valence-electron chi connectivity index (χ0n) is 8.26. The molecule has 0 heterocycles. The van der Waals surface area contributed by atoms with Gasteiger partial charge in [-0.05, 0) is 38.5 Å². The first kappa shape index (κ1) is 9.00. The molecule has 2 bridgehead atoms. The Labute approximate surface area is 78.5 Å². The van der Waals surface area contributed by atoms with Crippen LogP contribution in [0.2, 0.25) is 0 Å². The fourth-order valence-corrected chi connectivity index (χ4v) is 2.82. The van der Waals surface area contributed by atoms with Crippen LogP contribution in [0.4, 0.5) is 0 Å². The number of hydrogen-bond acceptors (Lipinski definition) is 2. The van der Waals surface area contributed by atoms with E-state index in [0.29, 0.717) is 0 Å². The number of carbonyl (C=O) groups excluding carboxylic acids is 1. The van der Waals surface area contributed by atoms with Crippen LogP contribution in [-0.4, -0.2) is 23.7 Å². The van der Waals surface area contributed by atoms with Crippen LogP contribution in [0.5, 0.6) is 0 Å². The zero-order valence-corrected chi connectivity index (χ0v) is 8.26. The van der Waals surface area contributed by atoms with Crippen molar-refractivity contribution in [2.24, 2.45) is 10.8 Å². The molecule has 0 aromatic carbocycles. The predicted octanol–water partition coefficient (Wildman–Crippen LogP) is 0.674. The summed E-state index contributed by atoms with van der Waals surface area (Å²) in [7, 11) is 0. The second-order valence-electron chi connectivity index (χ2n) is 5.10. The molecule has 3 aliphatic rings. The minimum absolute atomic E-state index is 0.0903. The molecule has 13 heavy (non-hydrogen) atoms. The van der Waals surface area contributed by atoms with Gasteiger partial charge in [0.25, 0.3) is 0 Å². The van der Waals surface area contributed by atoms with Crippen molar-refractivity contribution >= 4 is 5.91 Å². The second-order valence-corrected chi connectivity index (χ2v) is 5.10. The van der Waals surface area contributed by atoms with Crippen LogP contribution in [0, 0.1) is 10.8 Å². The largest absolute Gasteiger partial charge is 0.396 e. The molecule has 0 spiro atoms. The van der Waals surface area contributed by atoms with E-state index < -0.39 is 0 Å². The summed E-state index contributed by atoms with van der Waals surface area (Å²) in [4.78, 5) is 11.7. The normalized spacial score (nSPS) is 40.9. The van der Waals surface area contributed by atoms with Crippen molar-refractivity contribution < 1.29 is 9.90 Å². The van der Waals surface area contributed by atoms with E-state index >= 15 is 0 Å². The van der Waals surface area contributed by atoms with Crippen molar-refractivity contribution in [2.45, 2.75) is 39.2 Å². The van der Waals surface area contributed by atoms with Crippen molar-refractivity contribution in [1.29, 1.82) is 0 Å². The summed E-state index contributed by atoms with van der Waals surface area (Å²) in [6.45, 7) is 4.21. The van der Waals surface area contributed by atoms with Gasteiger partial charge in [0.2, 0.25) is 5.91 Å². The number of carbonyl (C=O) groups is 1. The van der Waals surface area contributed by atoms with Crippen LogP contribution >= 0.6 is 0 Å². The van der Waals surface area contributed by atoms with Crippen LogP contribution in [-0.2, 0) is 4.79 Å². The highest BCUT2D eigenvalue weighted by atomic mass is 16.3. The van der Waals surface area contributed by atoms with Crippen molar-refractivity contribution in [2.75, 3.05) is 6.61 Å². The first-order valence-electron chi connectivity index (χ1n) is 4.94. The third-order valence-electron chi connectivity index (χ3n) is 3.38. The topological polar surface area (TPSA) is 49.3 Å². The summed E-state index contributed by atoms with van der Waals surface area (Å²) in [5, 5.41) is 12.0. The SMILES string of the molecule is CC(C)NC(=O)C12CC(CO)(C1)C2. The Morgan fingerprint density at radius 3 is 2.38 bits per heavy atom. The maximum absolute atomic E-state index is 11.7. The molecule has 0 saturated heterocycles. The van der Waals surface area contributed by atoms with E-state index in [1.54, 1.807) is 0 Å². The van der Waals surface area contributed by atoms with E-state index in [-0.39, 0.29) is 29.4 Å². The van der Waals surface area contributed by atoms with Gasteiger partial charge in [-0.2, -0.15) is 0 Å². The van der Waals surface area contributed by atoms with Gasteiger partial charge in [0.15, 0.2) is 0 Å². The van der Waals surface area contributed by atoms with Gasteiger partial charge in [0, 0.05) is 12.6 Å². The molecule has 0 aromatic heterocycles. The molecule has 0 atom stereocenters. The zero-order chi connectivity index (χ0) is 9.69. The maximum atomic E-state index is 11.7. The molecule has 74 valence electrons. The highest BCUT2D eigenvalue weighted by Crippen LogP contribution is 2.73. The molecule has 0 unspecified atom stereocenters. The van der Waals surface area contributed by atoms with E-state index in [1.165, 1.54) is 0 Å². The molecule has 3 aliphatic carbocycles. The smallest absolute Gasteiger partial charge is 0.226 e. The van der Waals surface area contributed by atoms with Gasteiger partial charge in [-0.15, -0.1) is 0 Å². The second kappa shape index (κ2) is 2.47. The maximum Gasteiger partial charge on any atom is 0.226 e. The number of hydrogen-bond donors (Lipinski definition) is 2. The summed E-state index contributed by atoms with van der Waals surface area (Å²) in [6.07, 6.45) is 2.69. The third kappa shape index (κ3) is 1.10. The Kier molecular flexibility index (Phi) is 1.71. The summed E-state index contributed by atoms with van der Waals surface area (Å²) in [5.41, 5.74) is 0.0430. The van der Waals surface area contributed by atoms with Gasteiger partial charge in [-0.1, -0.05) is 0 Å². The Morgan fingerprint density at radius 1 is 1.46 bits per heavy atom. The van der Waals surface area contributed by atoms with E-state index in [2.05, 4.69) is 5.32 Å². The molecule has 3 heteroatoms. The van der Waals surface area contributed by atoms with Crippen LogP contribution in [0.25, 0.3) is 0 Å². The Hall–Kier alpha value is -0.570. The highest BCUT2D eigenvalue weighted by molar-refractivity contribution is 5.86. The highest BCUT2D eigenvalue weighted by Gasteiger charge is 2.70. The monoisotopic (exact) mass is 183 g/mol. The molecular weight excluding hydrogens is 166 g/mol. The number of nitrogens with one attached hydrogen (secondary N) is 1. The van der Waals surface area contributed by atoms with Gasteiger partial charge in [-0.25, -0.2) is 0 Å². The lowest BCUT2D eigenvalue weighted by molar-refractivity contribution is -0.220. The summed E-state index contributed by atoms with van der Waals surface area (Å²) < 4.78 is 0. The first-order valence-corrected chi connectivity index (χ1v) is 4.94. The first-order chi connectivity index (χ1) is 6.02. The van der Waals surface area contributed by atoms with Gasteiger partial charge >= 0.3 is 0 Å². The fraction of sp³-hybridized carbons (Fsp3) is 0.900. The van der Waals surface area contributed by atoms with Crippen molar-refractivity contribution in [3.8, 4) is 0 Å². The van der Waals surface area contributed by atoms with Crippen molar-refractivity contribution in [3.05, 3.63) is 0 Å². The standard InChI is InChI=1S/C10H17NO2/c1-7(2)11-8(13)10-3-9(4-10,5-10)6-12/h7,12H,3-6H2,1-2H3,(H,11,13). The van der Waals surface area contributed by atoms with Crippen molar-refractivity contribution in [3.63, 3.8) is 0 Å². The molecule has 1 amide bonds. The van der Waals surface area contributed by atoms with Gasteiger partial charge in [0.1, 0.15) is 0 Å². The molecule has 0 aliphatic heterocycles. The number of aliphatic hydroxyl groups is 1. The molecule has 3 nitrogen and oxygen atoms in total. The molecule has 3 rings (SSSR count). The third-order valence-corrected chi connectivity index (χ3v) is 3.38. The average molecular weight is 183 g/mol. The number of amides is 1. The van der Waals surface area contributed by atoms with Gasteiger partial charge in [-0.3, -0.25) is 4.79 Å². The lowest BCUT2D eigenvalue weighted by Crippen LogP contribution is -2.69. The number of rotatable bonds is 3. The molecule has 3 fully saturated rings. The summed E-state index contributed by atoms with van der Waals surface area (Å²) in [6, 6.07) is 0.228. The fourth-order valence-electron chi connectivity index (χ4n) is 2.82. The molecular formula is C10H17NO2. The van der Waals surface area contributed by atoms with Crippen LogP contribution in [0.1, 0.15) is 33.1 Å². The van der Waals surface area contributed by atoms with Crippen LogP contribution < -0.4 is 5.32 Å². The summed E-state index contributed by atoms with van der Waals surface area (Å²) >= 11 is 0. The lowest BCUT2D eigenvalue weighted by atomic mass is 9.35. The minimum atomic E-state index is -0.0903. The predicted molar refractivity (Wildman–Crippen MR) is 49.1 cm³/mol. The van der Waals surface area contributed by atoms with Gasteiger partial charge in [0.05, 0.1) is 5.41 Å². The van der Waals surface area contributed by atoms with E-state index in [4.69, 9.17) is 5.11 Å². The van der Waals surface area contributed by atoms with Gasteiger partial charge < -0.3 is 10.4 Å². The van der Waals surface area contributed by atoms with E-state index in [1.807, 2.05) is 13.8 Å². The van der Waals surface area contributed by atoms with Crippen LogP contribution in [0.3, 0.4) is 0 Å². The average Bonchev–Trinajstić information content (AvgIpc) is 1.79. The molecule has 3 saturated carbocycles. The lowest BCUT2D eigenvalue weighted by Gasteiger charge is -2.68. The Balaban J connectivity index is 1.89. The molecule has 2 N–H and O–H groups in total. The number of aliphatic hydroxyl groups excluding tert-OH is 1. The minimum Gasteiger partial charge on any atom is -0.396 e. The molecule has 0 radical (unpaired) electrons. The molecule has 0 aromatic rings. The Bertz CT molecular complexity index is 228. The summed E-state index contributed by atoms with van der Waals surface area (Å²) in [5.74, 6) is 0.192. The Morgan fingerprint density at radius 2 is 2.00 bits per heavy atom.